The zero-order valence-corrected chi connectivity index (χ0v) is 9.47. The van der Waals surface area contributed by atoms with Gasteiger partial charge in [0.15, 0.2) is 5.13 Å². The summed E-state index contributed by atoms with van der Waals surface area (Å²) < 4.78 is 5.29. The fourth-order valence-corrected chi connectivity index (χ4v) is 2.04. The van der Waals surface area contributed by atoms with Gasteiger partial charge in [-0.2, -0.15) is 0 Å². The van der Waals surface area contributed by atoms with Gasteiger partial charge < -0.3 is 10.1 Å². The largest absolute Gasteiger partial charge is 0.496 e. The summed E-state index contributed by atoms with van der Waals surface area (Å²) >= 11 is 1.59. The van der Waals surface area contributed by atoms with Crippen LogP contribution in [0, 0.1) is 0 Å². The van der Waals surface area contributed by atoms with E-state index in [1.165, 1.54) is 0 Å². The van der Waals surface area contributed by atoms with Crippen molar-refractivity contribution in [2.75, 3.05) is 19.5 Å². The van der Waals surface area contributed by atoms with E-state index in [0.29, 0.717) is 0 Å². The van der Waals surface area contributed by atoms with Crippen LogP contribution in [-0.2, 0) is 0 Å². The smallest absolute Gasteiger partial charge is 0.182 e. The molecule has 2 aromatic rings. The van der Waals surface area contributed by atoms with Crippen molar-refractivity contribution < 1.29 is 4.74 Å². The molecular formula is C11H12N2OS. The number of rotatable bonds is 3. The molecule has 0 atom stereocenters. The molecule has 4 heteroatoms. The highest BCUT2D eigenvalue weighted by Crippen LogP contribution is 2.31. The van der Waals surface area contributed by atoms with Crippen LogP contribution < -0.4 is 10.1 Å². The molecule has 1 heterocycles. The van der Waals surface area contributed by atoms with Crippen LogP contribution in [0.5, 0.6) is 5.75 Å². The Kier molecular flexibility index (Phi) is 2.87. The molecule has 0 amide bonds. The minimum atomic E-state index is 0.852. The van der Waals surface area contributed by atoms with Crippen LogP contribution in [0.3, 0.4) is 0 Å². The summed E-state index contributed by atoms with van der Waals surface area (Å²) in [6, 6.07) is 7.88. The predicted molar refractivity (Wildman–Crippen MR) is 63.6 cm³/mol. The molecule has 1 N–H and O–H groups in total. The van der Waals surface area contributed by atoms with Gasteiger partial charge in [-0.05, 0) is 12.1 Å². The molecule has 0 bridgehead atoms. The zero-order valence-electron chi connectivity index (χ0n) is 8.65. The van der Waals surface area contributed by atoms with Crippen LogP contribution in [0.4, 0.5) is 5.13 Å². The van der Waals surface area contributed by atoms with Crippen LogP contribution >= 0.6 is 11.3 Å². The molecule has 1 aromatic heterocycles. The summed E-state index contributed by atoms with van der Waals surface area (Å²) in [4.78, 5) is 4.43. The molecule has 0 saturated heterocycles. The molecule has 0 radical (unpaired) electrons. The molecule has 3 nitrogen and oxygen atoms in total. The molecule has 0 aliphatic carbocycles. The first-order valence-corrected chi connectivity index (χ1v) is 5.50. The number of hydrogen-bond donors (Lipinski definition) is 1. The van der Waals surface area contributed by atoms with E-state index in [4.69, 9.17) is 4.74 Å². The zero-order chi connectivity index (χ0) is 10.7. The Morgan fingerprint density at radius 2 is 2.13 bits per heavy atom. The Morgan fingerprint density at radius 3 is 2.80 bits per heavy atom. The maximum absolute atomic E-state index is 5.29. The van der Waals surface area contributed by atoms with Gasteiger partial charge in [-0.15, -0.1) is 11.3 Å². The molecule has 15 heavy (non-hydrogen) atoms. The van der Waals surface area contributed by atoms with Crippen molar-refractivity contribution >= 4 is 16.5 Å². The number of hydrogen-bond acceptors (Lipinski definition) is 4. The summed E-state index contributed by atoms with van der Waals surface area (Å²) in [7, 11) is 3.54. The topological polar surface area (TPSA) is 34.2 Å². The minimum absolute atomic E-state index is 0.852. The molecule has 0 aliphatic heterocycles. The fourth-order valence-electron chi connectivity index (χ4n) is 1.37. The van der Waals surface area contributed by atoms with Crippen LogP contribution in [0.25, 0.3) is 11.3 Å². The average Bonchev–Trinajstić information content (AvgIpc) is 2.77. The van der Waals surface area contributed by atoms with E-state index in [1.54, 1.807) is 18.4 Å². The number of aromatic nitrogens is 1. The lowest BCUT2D eigenvalue weighted by molar-refractivity contribution is 0.416. The van der Waals surface area contributed by atoms with E-state index in [9.17, 15) is 0 Å². The van der Waals surface area contributed by atoms with Crippen LogP contribution in [-0.4, -0.2) is 19.1 Å². The van der Waals surface area contributed by atoms with E-state index in [2.05, 4.69) is 10.3 Å². The molecule has 1 aromatic carbocycles. The van der Waals surface area contributed by atoms with Crippen molar-refractivity contribution in [2.45, 2.75) is 0 Å². The highest BCUT2D eigenvalue weighted by Gasteiger charge is 2.07. The lowest BCUT2D eigenvalue weighted by Crippen LogP contribution is -1.89. The third-order valence-corrected chi connectivity index (χ3v) is 2.96. The minimum Gasteiger partial charge on any atom is -0.496 e. The van der Waals surface area contributed by atoms with Crippen molar-refractivity contribution in [1.82, 2.24) is 4.98 Å². The van der Waals surface area contributed by atoms with Crippen LogP contribution in [0.15, 0.2) is 29.6 Å². The third-order valence-electron chi connectivity index (χ3n) is 2.10. The van der Waals surface area contributed by atoms with Gasteiger partial charge in [0.05, 0.1) is 12.8 Å². The Morgan fingerprint density at radius 1 is 1.33 bits per heavy atom. The van der Waals surface area contributed by atoms with E-state index < -0.39 is 0 Å². The molecule has 0 fully saturated rings. The monoisotopic (exact) mass is 220 g/mol. The van der Waals surface area contributed by atoms with E-state index in [0.717, 1.165) is 22.1 Å². The van der Waals surface area contributed by atoms with Crippen molar-refractivity contribution in [3.8, 4) is 17.0 Å². The number of ether oxygens (including phenoxy) is 1. The van der Waals surface area contributed by atoms with Crippen LogP contribution in [0.1, 0.15) is 0 Å². The van der Waals surface area contributed by atoms with Gasteiger partial charge in [0.25, 0.3) is 0 Å². The second-order valence-electron chi connectivity index (χ2n) is 2.99. The molecular weight excluding hydrogens is 208 g/mol. The van der Waals surface area contributed by atoms with Crippen LogP contribution in [0.2, 0.25) is 0 Å². The van der Waals surface area contributed by atoms with Gasteiger partial charge in [0, 0.05) is 18.0 Å². The lowest BCUT2D eigenvalue weighted by atomic mass is 10.1. The third kappa shape index (κ3) is 1.94. The van der Waals surface area contributed by atoms with Gasteiger partial charge >= 0.3 is 0 Å². The van der Waals surface area contributed by atoms with E-state index >= 15 is 0 Å². The Hall–Kier alpha value is -1.55. The number of nitrogens with zero attached hydrogens (tertiary/aromatic N) is 1. The quantitative estimate of drug-likeness (QED) is 0.863. The summed E-state index contributed by atoms with van der Waals surface area (Å²) in [6.45, 7) is 0. The lowest BCUT2D eigenvalue weighted by Gasteiger charge is -2.04. The summed E-state index contributed by atoms with van der Waals surface area (Å²) in [5, 5.41) is 5.95. The second-order valence-corrected chi connectivity index (χ2v) is 3.85. The van der Waals surface area contributed by atoms with Gasteiger partial charge in [0.1, 0.15) is 5.75 Å². The molecule has 0 unspecified atom stereocenters. The Balaban J connectivity index is 2.44. The number of benzene rings is 1. The molecule has 0 spiro atoms. The van der Waals surface area contributed by atoms with E-state index in [1.807, 2.05) is 36.7 Å². The van der Waals surface area contributed by atoms with Crippen molar-refractivity contribution in [3.05, 3.63) is 29.6 Å². The van der Waals surface area contributed by atoms with E-state index in [-0.39, 0.29) is 0 Å². The van der Waals surface area contributed by atoms with Gasteiger partial charge in [-0.25, -0.2) is 4.98 Å². The summed E-state index contributed by atoms with van der Waals surface area (Å²) in [5.41, 5.74) is 1.97. The van der Waals surface area contributed by atoms with Crippen molar-refractivity contribution in [2.24, 2.45) is 0 Å². The highest BCUT2D eigenvalue weighted by molar-refractivity contribution is 7.14. The van der Waals surface area contributed by atoms with Crippen molar-refractivity contribution in [3.63, 3.8) is 0 Å². The fraction of sp³-hybridized carbons (Fsp3) is 0.182. The first-order chi connectivity index (χ1) is 7.35. The molecule has 2 rings (SSSR count). The standard InChI is InChI=1S/C11H12N2OS/c1-12-11-13-9(7-15-11)8-5-3-4-6-10(8)14-2/h3-7H,1-2H3,(H,12,13). The van der Waals surface area contributed by atoms with Gasteiger partial charge in [-0.3, -0.25) is 0 Å². The molecule has 78 valence electrons. The first-order valence-electron chi connectivity index (χ1n) is 4.62. The average molecular weight is 220 g/mol. The molecule has 0 aliphatic rings. The predicted octanol–water partition coefficient (Wildman–Crippen LogP) is 2.86. The highest BCUT2D eigenvalue weighted by atomic mass is 32.1. The SMILES string of the molecule is CNc1nc(-c2ccccc2OC)cs1. The number of para-hydroxylation sites is 1. The maximum Gasteiger partial charge on any atom is 0.182 e. The maximum atomic E-state index is 5.29. The van der Waals surface area contributed by atoms with Gasteiger partial charge in [-0.1, -0.05) is 12.1 Å². The number of methoxy groups -OCH3 is 1. The molecule has 0 saturated carbocycles. The van der Waals surface area contributed by atoms with Crippen molar-refractivity contribution in [1.29, 1.82) is 0 Å². The number of anilines is 1. The normalized spacial score (nSPS) is 10.0. The summed E-state index contributed by atoms with van der Waals surface area (Å²) in [5.74, 6) is 0.852. The number of nitrogens with one attached hydrogen (secondary N) is 1. The first kappa shape index (κ1) is 9.98. The van der Waals surface area contributed by atoms with Gasteiger partial charge in [0.2, 0.25) is 0 Å². The Labute approximate surface area is 92.7 Å². The number of thiazole rings is 1. The Bertz CT molecular complexity index is 453. The summed E-state index contributed by atoms with van der Waals surface area (Å²) in [6.07, 6.45) is 0. The second kappa shape index (κ2) is 4.31.